The minimum absolute atomic E-state index is 0.204. The largest absolute Gasteiger partial charge is 0.342 e. The minimum Gasteiger partial charge on any atom is -0.342 e. The molecule has 0 spiro atoms. The summed E-state index contributed by atoms with van der Waals surface area (Å²) in [5.74, 6) is 2.35. The van der Waals surface area contributed by atoms with E-state index in [0.717, 1.165) is 70.6 Å². The SMILES string of the molecule is CC.CC(C)C.CC(C)C=O.CN1CCC(C(=O)N2CCC(CN)CC2)CC1. The van der Waals surface area contributed by atoms with Crippen LogP contribution >= 0.6 is 0 Å². The van der Waals surface area contributed by atoms with Crippen molar-refractivity contribution in [2.75, 3.05) is 39.8 Å². The number of amides is 1. The zero-order valence-corrected chi connectivity index (χ0v) is 20.0. The van der Waals surface area contributed by atoms with Crippen molar-refractivity contribution < 1.29 is 9.59 Å². The molecule has 2 saturated heterocycles. The number of carbonyl (C=O) groups is 2. The molecule has 0 aromatic carbocycles. The number of hydrogen-bond acceptors (Lipinski definition) is 4. The average Bonchev–Trinajstić information content (AvgIpc) is 2.69. The summed E-state index contributed by atoms with van der Waals surface area (Å²) in [5.41, 5.74) is 5.67. The van der Waals surface area contributed by atoms with Gasteiger partial charge in [0.05, 0.1) is 0 Å². The smallest absolute Gasteiger partial charge is 0.225 e. The second kappa shape index (κ2) is 18.1. The summed E-state index contributed by atoms with van der Waals surface area (Å²) < 4.78 is 0. The molecule has 2 aliphatic heterocycles. The van der Waals surface area contributed by atoms with Gasteiger partial charge in [0.15, 0.2) is 0 Å². The lowest BCUT2D eigenvalue weighted by atomic mass is 9.92. The standard InChI is InChI=1S/C13H25N3O.C4H8O.C4H10.C2H6/c1-15-6-4-12(5-7-15)13(17)16-8-2-11(10-14)3-9-16;1-4(2)3-5;1-4(2)3;1-2/h11-12H,2-10,14H2,1H3;3-4H,1-2H3;4H,1-3H3;1-2H3. The van der Waals surface area contributed by atoms with E-state index in [4.69, 9.17) is 5.73 Å². The van der Waals surface area contributed by atoms with Crippen LogP contribution in [0.1, 0.15) is 74.1 Å². The van der Waals surface area contributed by atoms with E-state index < -0.39 is 0 Å². The van der Waals surface area contributed by atoms with Crippen molar-refractivity contribution in [1.82, 2.24) is 9.80 Å². The molecule has 1 amide bonds. The van der Waals surface area contributed by atoms with E-state index >= 15 is 0 Å². The fraction of sp³-hybridized carbons (Fsp3) is 0.913. The van der Waals surface area contributed by atoms with Gasteiger partial charge in [0.1, 0.15) is 6.29 Å². The third kappa shape index (κ3) is 15.0. The van der Waals surface area contributed by atoms with Gasteiger partial charge >= 0.3 is 0 Å². The number of carbonyl (C=O) groups excluding carboxylic acids is 2. The molecule has 2 aliphatic rings. The molecule has 2 fully saturated rings. The Bertz CT molecular complexity index is 367. The van der Waals surface area contributed by atoms with Crippen LogP contribution in [0.5, 0.6) is 0 Å². The highest BCUT2D eigenvalue weighted by Gasteiger charge is 2.29. The van der Waals surface area contributed by atoms with Crippen molar-refractivity contribution in [3.8, 4) is 0 Å². The highest BCUT2D eigenvalue weighted by Crippen LogP contribution is 2.22. The summed E-state index contributed by atoms with van der Waals surface area (Å²) in [6, 6.07) is 0. The van der Waals surface area contributed by atoms with Crippen LogP contribution in [0.2, 0.25) is 0 Å². The summed E-state index contributed by atoms with van der Waals surface area (Å²) >= 11 is 0. The quantitative estimate of drug-likeness (QED) is 0.727. The Kier molecular flexibility index (Phi) is 18.9. The first-order chi connectivity index (χ1) is 13.2. The fourth-order valence-corrected chi connectivity index (χ4v) is 2.90. The minimum atomic E-state index is 0.204. The summed E-state index contributed by atoms with van der Waals surface area (Å²) in [4.78, 5) is 26.2. The molecule has 0 aromatic heterocycles. The molecular weight excluding hydrogens is 350 g/mol. The molecule has 2 rings (SSSR count). The van der Waals surface area contributed by atoms with Crippen molar-refractivity contribution in [2.45, 2.75) is 74.1 Å². The van der Waals surface area contributed by atoms with Crippen LogP contribution in [0.4, 0.5) is 0 Å². The summed E-state index contributed by atoms with van der Waals surface area (Å²) in [6.07, 6.45) is 5.17. The Hall–Kier alpha value is -0.940. The Morgan fingerprint density at radius 2 is 1.36 bits per heavy atom. The summed E-state index contributed by atoms with van der Waals surface area (Å²) in [5, 5.41) is 0. The number of piperidine rings is 2. The maximum Gasteiger partial charge on any atom is 0.225 e. The van der Waals surface area contributed by atoms with Crippen LogP contribution in [0.15, 0.2) is 0 Å². The molecule has 0 atom stereocenters. The monoisotopic (exact) mass is 399 g/mol. The number of aldehydes is 1. The topological polar surface area (TPSA) is 66.6 Å². The van der Waals surface area contributed by atoms with E-state index in [0.29, 0.717) is 11.8 Å². The molecule has 2 N–H and O–H groups in total. The molecule has 2 heterocycles. The van der Waals surface area contributed by atoms with Crippen LogP contribution in [0.25, 0.3) is 0 Å². The van der Waals surface area contributed by atoms with Gasteiger partial charge in [-0.3, -0.25) is 4.79 Å². The third-order valence-electron chi connectivity index (χ3n) is 4.60. The first kappa shape index (κ1) is 29.3. The number of nitrogens with zero attached hydrogens (tertiary/aromatic N) is 2. The number of nitrogens with two attached hydrogens (primary N) is 1. The van der Waals surface area contributed by atoms with E-state index in [1.54, 1.807) is 0 Å². The molecular formula is C23H49N3O2. The number of hydrogen-bond donors (Lipinski definition) is 1. The third-order valence-corrected chi connectivity index (χ3v) is 4.60. The zero-order chi connectivity index (χ0) is 22.1. The highest BCUT2D eigenvalue weighted by atomic mass is 16.2. The number of rotatable bonds is 3. The predicted molar refractivity (Wildman–Crippen MR) is 121 cm³/mol. The fourth-order valence-electron chi connectivity index (χ4n) is 2.90. The second-order valence-corrected chi connectivity index (χ2v) is 8.69. The molecule has 28 heavy (non-hydrogen) atoms. The van der Waals surface area contributed by atoms with Gasteiger partial charge in [-0.05, 0) is 64.2 Å². The molecule has 168 valence electrons. The van der Waals surface area contributed by atoms with Crippen molar-refractivity contribution in [1.29, 1.82) is 0 Å². The Morgan fingerprint density at radius 1 is 0.964 bits per heavy atom. The molecule has 0 bridgehead atoms. The molecule has 5 heteroatoms. The first-order valence-electron chi connectivity index (χ1n) is 11.3. The van der Waals surface area contributed by atoms with E-state index in [1.807, 2.05) is 27.7 Å². The zero-order valence-electron chi connectivity index (χ0n) is 20.0. The maximum absolute atomic E-state index is 12.3. The van der Waals surface area contributed by atoms with Gasteiger partial charge in [-0.2, -0.15) is 0 Å². The van der Waals surface area contributed by atoms with E-state index in [2.05, 4.69) is 37.6 Å². The van der Waals surface area contributed by atoms with Gasteiger partial charge < -0.3 is 20.3 Å². The van der Waals surface area contributed by atoms with Crippen LogP contribution in [-0.4, -0.2) is 61.8 Å². The maximum atomic E-state index is 12.3. The van der Waals surface area contributed by atoms with E-state index in [-0.39, 0.29) is 11.8 Å². The molecule has 5 nitrogen and oxygen atoms in total. The van der Waals surface area contributed by atoms with Gasteiger partial charge in [0.2, 0.25) is 5.91 Å². The normalized spacial score (nSPS) is 18.3. The van der Waals surface area contributed by atoms with Crippen LogP contribution in [-0.2, 0) is 9.59 Å². The van der Waals surface area contributed by atoms with E-state index in [9.17, 15) is 9.59 Å². The molecule has 0 aromatic rings. The van der Waals surface area contributed by atoms with Crippen molar-refractivity contribution in [3.05, 3.63) is 0 Å². The second-order valence-electron chi connectivity index (χ2n) is 8.69. The summed E-state index contributed by atoms with van der Waals surface area (Å²) in [7, 11) is 2.13. The molecule has 0 unspecified atom stereocenters. The predicted octanol–water partition coefficient (Wildman–Crippen LogP) is 4.06. The van der Waals surface area contributed by atoms with Gasteiger partial charge in [-0.15, -0.1) is 0 Å². The molecule has 0 aliphatic carbocycles. The number of likely N-dealkylation sites (tertiary alicyclic amines) is 2. The van der Waals surface area contributed by atoms with Crippen molar-refractivity contribution in [2.24, 2.45) is 29.4 Å². The van der Waals surface area contributed by atoms with Crippen LogP contribution < -0.4 is 5.73 Å². The first-order valence-corrected chi connectivity index (χ1v) is 11.3. The average molecular weight is 400 g/mol. The Morgan fingerprint density at radius 3 is 1.68 bits per heavy atom. The van der Waals surface area contributed by atoms with Gasteiger partial charge in [-0.25, -0.2) is 0 Å². The Balaban J connectivity index is 0. The highest BCUT2D eigenvalue weighted by molar-refractivity contribution is 5.79. The van der Waals surface area contributed by atoms with Gasteiger partial charge in [0, 0.05) is 24.9 Å². The van der Waals surface area contributed by atoms with Crippen LogP contribution in [0, 0.1) is 23.7 Å². The lowest BCUT2D eigenvalue weighted by Gasteiger charge is -2.36. The van der Waals surface area contributed by atoms with Crippen molar-refractivity contribution in [3.63, 3.8) is 0 Å². The van der Waals surface area contributed by atoms with Gasteiger partial charge in [-0.1, -0.05) is 48.5 Å². The lowest BCUT2D eigenvalue weighted by Crippen LogP contribution is -2.45. The van der Waals surface area contributed by atoms with Crippen molar-refractivity contribution >= 4 is 12.2 Å². The molecule has 0 radical (unpaired) electrons. The van der Waals surface area contributed by atoms with E-state index in [1.165, 1.54) is 0 Å². The molecule has 0 saturated carbocycles. The summed E-state index contributed by atoms with van der Waals surface area (Å²) in [6.45, 7) is 19.0. The lowest BCUT2D eigenvalue weighted by molar-refractivity contribution is -0.138. The van der Waals surface area contributed by atoms with Crippen LogP contribution in [0.3, 0.4) is 0 Å². The Labute approximate surface area is 175 Å². The van der Waals surface area contributed by atoms with Gasteiger partial charge in [0.25, 0.3) is 0 Å².